The highest BCUT2D eigenvalue weighted by molar-refractivity contribution is 7.99. The van der Waals surface area contributed by atoms with Gasteiger partial charge in [0.15, 0.2) is 5.16 Å². The Morgan fingerprint density at radius 1 is 1.43 bits per heavy atom. The molecule has 0 saturated carbocycles. The summed E-state index contributed by atoms with van der Waals surface area (Å²) in [6.45, 7) is 3.48. The van der Waals surface area contributed by atoms with Gasteiger partial charge < -0.3 is 9.88 Å². The number of hydrogen-bond acceptors (Lipinski definition) is 5. The number of hydrogen-bond donors (Lipinski definition) is 1. The van der Waals surface area contributed by atoms with Crippen LogP contribution in [0.5, 0.6) is 0 Å². The van der Waals surface area contributed by atoms with Crippen molar-refractivity contribution < 1.29 is 4.79 Å². The van der Waals surface area contributed by atoms with Crippen molar-refractivity contribution in [2.24, 2.45) is 0 Å². The Bertz CT molecular complexity index is 614. The van der Waals surface area contributed by atoms with Crippen molar-refractivity contribution in [1.82, 2.24) is 14.9 Å². The molecule has 2 rings (SSSR count). The third-order valence-corrected chi connectivity index (χ3v) is 4.32. The highest BCUT2D eigenvalue weighted by Gasteiger charge is 2.17. The molecule has 0 spiro atoms. The van der Waals surface area contributed by atoms with Gasteiger partial charge in [-0.25, -0.2) is 4.98 Å². The molecule has 1 fully saturated rings. The predicted octanol–water partition coefficient (Wildman–Crippen LogP) is 1.31. The summed E-state index contributed by atoms with van der Waals surface area (Å²) in [5.41, 5.74) is 0.107. The topological polar surface area (TPSA) is 89.8 Å². The zero-order chi connectivity index (χ0) is 15.2. The number of carbonyl (C=O) groups excluding carboxylic acids is 1. The number of amides is 1. The number of aromatic amines is 1. The first-order chi connectivity index (χ1) is 10.2. The zero-order valence-electron chi connectivity index (χ0n) is 12.0. The molecule has 1 aliphatic rings. The Hall–Kier alpha value is -1.81. The van der Waals surface area contributed by atoms with Crippen LogP contribution in [0, 0.1) is 11.3 Å². The molecule has 112 valence electrons. The quantitative estimate of drug-likeness (QED) is 0.669. The normalized spacial score (nSPS) is 14.8. The second-order valence-electron chi connectivity index (χ2n) is 4.89. The molecule has 0 bridgehead atoms. The number of likely N-dealkylation sites (tertiary alicyclic amines) is 1. The molecule has 0 atom stereocenters. The van der Waals surface area contributed by atoms with E-state index < -0.39 is 5.56 Å². The van der Waals surface area contributed by atoms with E-state index in [0.717, 1.165) is 25.9 Å². The van der Waals surface area contributed by atoms with E-state index in [1.54, 1.807) is 0 Å². The number of piperidine rings is 1. The van der Waals surface area contributed by atoms with Crippen LogP contribution in [0.4, 0.5) is 0 Å². The van der Waals surface area contributed by atoms with E-state index in [1.165, 1.54) is 18.2 Å². The Balaban J connectivity index is 2.03. The summed E-state index contributed by atoms with van der Waals surface area (Å²) in [4.78, 5) is 32.5. The number of carbonyl (C=O) groups is 1. The second-order valence-corrected chi connectivity index (χ2v) is 5.85. The van der Waals surface area contributed by atoms with Crippen LogP contribution < -0.4 is 5.56 Å². The first kappa shape index (κ1) is 15.6. The first-order valence-corrected chi connectivity index (χ1v) is 8.08. The van der Waals surface area contributed by atoms with Gasteiger partial charge in [0.1, 0.15) is 11.6 Å². The SMILES string of the molecule is CCc1nc(SCC(=O)N2CCCCC2)[nH]c(=O)c1C#N. The van der Waals surface area contributed by atoms with E-state index >= 15 is 0 Å². The van der Waals surface area contributed by atoms with E-state index in [4.69, 9.17) is 5.26 Å². The minimum Gasteiger partial charge on any atom is -0.342 e. The molecule has 0 radical (unpaired) electrons. The van der Waals surface area contributed by atoms with E-state index in [-0.39, 0.29) is 17.2 Å². The van der Waals surface area contributed by atoms with Crippen LogP contribution in [-0.2, 0) is 11.2 Å². The van der Waals surface area contributed by atoms with Crippen LogP contribution in [0.1, 0.15) is 37.4 Å². The van der Waals surface area contributed by atoms with Crippen molar-refractivity contribution in [3.05, 3.63) is 21.6 Å². The molecule has 2 heterocycles. The molecule has 6 nitrogen and oxygen atoms in total. The summed E-state index contributed by atoms with van der Waals surface area (Å²) in [5, 5.41) is 9.34. The number of nitriles is 1. The minimum atomic E-state index is -0.433. The summed E-state index contributed by atoms with van der Waals surface area (Å²) in [6.07, 6.45) is 3.81. The van der Waals surface area contributed by atoms with Gasteiger partial charge >= 0.3 is 0 Å². The molecular weight excluding hydrogens is 288 g/mol. The predicted molar refractivity (Wildman–Crippen MR) is 80.1 cm³/mol. The summed E-state index contributed by atoms with van der Waals surface area (Å²) >= 11 is 1.22. The van der Waals surface area contributed by atoms with Crippen molar-refractivity contribution in [1.29, 1.82) is 5.26 Å². The molecule has 21 heavy (non-hydrogen) atoms. The summed E-state index contributed by atoms with van der Waals surface area (Å²) in [7, 11) is 0. The minimum absolute atomic E-state index is 0.0595. The number of H-pyrrole nitrogens is 1. The van der Waals surface area contributed by atoms with Gasteiger partial charge in [-0.15, -0.1) is 0 Å². The highest BCUT2D eigenvalue weighted by Crippen LogP contribution is 2.16. The maximum atomic E-state index is 12.1. The molecule has 0 aliphatic carbocycles. The van der Waals surface area contributed by atoms with Crippen LogP contribution in [0.2, 0.25) is 0 Å². The Morgan fingerprint density at radius 2 is 2.14 bits per heavy atom. The molecular formula is C14H18N4O2S. The Kier molecular flexibility index (Phi) is 5.39. The lowest BCUT2D eigenvalue weighted by molar-refractivity contribution is -0.129. The van der Waals surface area contributed by atoms with Crippen LogP contribution >= 0.6 is 11.8 Å². The second kappa shape index (κ2) is 7.27. The van der Waals surface area contributed by atoms with Crippen molar-refractivity contribution in [2.45, 2.75) is 37.8 Å². The Morgan fingerprint density at radius 3 is 2.76 bits per heavy atom. The van der Waals surface area contributed by atoms with E-state index in [2.05, 4.69) is 9.97 Å². The van der Waals surface area contributed by atoms with Crippen LogP contribution in [0.15, 0.2) is 9.95 Å². The maximum absolute atomic E-state index is 12.1. The fourth-order valence-corrected chi connectivity index (χ4v) is 3.08. The van der Waals surface area contributed by atoms with Gasteiger partial charge in [-0.05, 0) is 25.7 Å². The summed E-state index contributed by atoms with van der Waals surface area (Å²) in [5.74, 6) is 0.336. The van der Waals surface area contributed by atoms with Crippen molar-refractivity contribution in [3.63, 3.8) is 0 Å². The first-order valence-electron chi connectivity index (χ1n) is 7.09. The van der Waals surface area contributed by atoms with Crippen LogP contribution in [-0.4, -0.2) is 39.6 Å². The van der Waals surface area contributed by atoms with E-state index in [1.807, 2.05) is 17.9 Å². The van der Waals surface area contributed by atoms with Crippen molar-refractivity contribution >= 4 is 17.7 Å². The smallest absolute Gasteiger partial charge is 0.269 e. The number of aromatic nitrogens is 2. The molecule has 1 amide bonds. The van der Waals surface area contributed by atoms with E-state index in [9.17, 15) is 9.59 Å². The van der Waals surface area contributed by atoms with Crippen molar-refractivity contribution in [3.8, 4) is 6.07 Å². The number of rotatable bonds is 4. The average molecular weight is 306 g/mol. The van der Waals surface area contributed by atoms with Gasteiger partial charge in [-0.3, -0.25) is 9.59 Å². The molecule has 7 heteroatoms. The molecule has 0 unspecified atom stereocenters. The standard InChI is InChI=1S/C14H18N4O2S/c1-2-11-10(8-15)13(20)17-14(16-11)21-9-12(19)18-6-4-3-5-7-18/h2-7,9H2,1H3,(H,16,17,20). The van der Waals surface area contributed by atoms with Gasteiger partial charge in [-0.2, -0.15) is 5.26 Å². The van der Waals surface area contributed by atoms with Gasteiger partial charge in [0.05, 0.1) is 11.4 Å². The third-order valence-electron chi connectivity index (χ3n) is 3.46. The fourth-order valence-electron chi connectivity index (χ4n) is 2.30. The van der Waals surface area contributed by atoms with Gasteiger partial charge in [0.25, 0.3) is 5.56 Å². The summed E-state index contributed by atoms with van der Waals surface area (Å²) in [6, 6.07) is 1.87. The zero-order valence-corrected chi connectivity index (χ0v) is 12.8. The van der Waals surface area contributed by atoms with E-state index in [0.29, 0.717) is 17.3 Å². The lowest BCUT2D eigenvalue weighted by Gasteiger charge is -2.26. The molecule has 1 aromatic heterocycles. The van der Waals surface area contributed by atoms with Gasteiger partial charge in [-0.1, -0.05) is 18.7 Å². The average Bonchev–Trinajstić information content (AvgIpc) is 2.52. The largest absolute Gasteiger partial charge is 0.342 e. The third kappa shape index (κ3) is 3.85. The summed E-state index contributed by atoms with van der Waals surface area (Å²) < 4.78 is 0. The Labute approximate surface area is 127 Å². The molecule has 1 saturated heterocycles. The van der Waals surface area contributed by atoms with Crippen molar-refractivity contribution in [2.75, 3.05) is 18.8 Å². The molecule has 1 aromatic rings. The maximum Gasteiger partial charge on any atom is 0.269 e. The fraction of sp³-hybridized carbons (Fsp3) is 0.571. The number of nitrogens with zero attached hydrogens (tertiary/aromatic N) is 3. The molecule has 1 N–H and O–H groups in total. The lowest BCUT2D eigenvalue weighted by Crippen LogP contribution is -2.36. The van der Waals surface area contributed by atoms with Gasteiger partial charge in [0.2, 0.25) is 5.91 Å². The molecule has 1 aliphatic heterocycles. The highest BCUT2D eigenvalue weighted by atomic mass is 32.2. The van der Waals surface area contributed by atoms with Gasteiger partial charge in [0, 0.05) is 13.1 Å². The lowest BCUT2D eigenvalue weighted by atomic mass is 10.1. The number of thioether (sulfide) groups is 1. The molecule has 0 aromatic carbocycles. The number of aryl methyl sites for hydroxylation is 1. The van der Waals surface area contributed by atoms with Crippen LogP contribution in [0.25, 0.3) is 0 Å². The van der Waals surface area contributed by atoms with Crippen LogP contribution in [0.3, 0.4) is 0 Å². The monoisotopic (exact) mass is 306 g/mol. The number of nitrogens with one attached hydrogen (secondary N) is 1.